The lowest BCUT2D eigenvalue weighted by Gasteiger charge is -2.30. The Labute approximate surface area is 114 Å². The molecule has 3 heteroatoms. The van der Waals surface area contributed by atoms with E-state index >= 15 is 0 Å². The SMILES string of the molecule is CCOC1(C(=O)C2CCc3cccnc32)CCCC1. The van der Waals surface area contributed by atoms with Crippen molar-refractivity contribution >= 4 is 5.78 Å². The number of ether oxygens (including phenoxy) is 1. The van der Waals surface area contributed by atoms with E-state index in [1.807, 2.05) is 13.0 Å². The van der Waals surface area contributed by atoms with Gasteiger partial charge in [0.1, 0.15) is 5.60 Å². The van der Waals surface area contributed by atoms with Gasteiger partial charge < -0.3 is 4.74 Å². The Morgan fingerprint density at radius 3 is 3.00 bits per heavy atom. The van der Waals surface area contributed by atoms with Crippen LogP contribution in [0, 0.1) is 0 Å². The van der Waals surface area contributed by atoms with Crippen LogP contribution in [0.4, 0.5) is 0 Å². The van der Waals surface area contributed by atoms with E-state index in [-0.39, 0.29) is 11.7 Å². The number of aromatic nitrogens is 1. The minimum Gasteiger partial charge on any atom is -0.367 e. The summed E-state index contributed by atoms with van der Waals surface area (Å²) in [5.74, 6) is 0.241. The van der Waals surface area contributed by atoms with Gasteiger partial charge in [0.2, 0.25) is 0 Å². The number of hydrogen-bond donors (Lipinski definition) is 0. The summed E-state index contributed by atoms with van der Waals surface area (Å²) in [5, 5.41) is 0. The summed E-state index contributed by atoms with van der Waals surface area (Å²) in [6.07, 6.45) is 7.66. The van der Waals surface area contributed by atoms with Crippen LogP contribution in [-0.2, 0) is 16.0 Å². The fraction of sp³-hybridized carbons (Fsp3) is 0.625. The summed E-state index contributed by atoms with van der Waals surface area (Å²) < 4.78 is 5.90. The molecule has 0 saturated heterocycles. The third-order valence-electron chi connectivity index (χ3n) is 4.56. The quantitative estimate of drug-likeness (QED) is 0.834. The van der Waals surface area contributed by atoms with Crippen LogP contribution in [0.5, 0.6) is 0 Å². The Bertz CT molecular complexity index is 477. The molecule has 102 valence electrons. The number of rotatable bonds is 4. The van der Waals surface area contributed by atoms with Crippen LogP contribution in [0.15, 0.2) is 18.3 Å². The van der Waals surface area contributed by atoms with Gasteiger partial charge in [-0.15, -0.1) is 0 Å². The first-order chi connectivity index (χ1) is 9.27. The fourth-order valence-electron chi connectivity index (χ4n) is 3.67. The standard InChI is InChI=1S/C16H21NO2/c1-2-19-16(9-3-4-10-16)15(18)13-8-7-12-6-5-11-17-14(12)13/h5-6,11,13H,2-4,7-10H2,1H3. The van der Waals surface area contributed by atoms with Gasteiger partial charge in [-0.3, -0.25) is 9.78 Å². The molecule has 1 aromatic heterocycles. The summed E-state index contributed by atoms with van der Waals surface area (Å²) in [6.45, 7) is 2.60. The number of carbonyl (C=O) groups is 1. The Morgan fingerprint density at radius 2 is 2.26 bits per heavy atom. The van der Waals surface area contributed by atoms with Crippen molar-refractivity contribution in [3.63, 3.8) is 0 Å². The molecule has 1 saturated carbocycles. The monoisotopic (exact) mass is 259 g/mol. The molecular weight excluding hydrogens is 238 g/mol. The van der Waals surface area contributed by atoms with E-state index in [2.05, 4.69) is 11.1 Å². The Hall–Kier alpha value is -1.22. The maximum Gasteiger partial charge on any atom is 0.173 e. The highest BCUT2D eigenvalue weighted by atomic mass is 16.5. The van der Waals surface area contributed by atoms with Crippen LogP contribution >= 0.6 is 0 Å². The zero-order chi connectivity index (χ0) is 13.3. The fourth-order valence-corrected chi connectivity index (χ4v) is 3.67. The van der Waals surface area contributed by atoms with Crippen molar-refractivity contribution in [1.29, 1.82) is 0 Å². The number of Topliss-reactive ketones (excluding diaryl/α,β-unsaturated/α-hetero) is 1. The van der Waals surface area contributed by atoms with Crippen LogP contribution in [0.3, 0.4) is 0 Å². The Balaban J connectivity index is 1.88. The molecule has 1 heterocycles. The molecule has 19 heavy (non-hydrogen) atoms. The third-order valence-corrected chi connectivity index (χ3v) is 4.56. The molecule has 2 aliphatic carbocycles. The van der Waals surface area contributed by atoms with Crippen molar-refractivity contribution in [1.82, 2.24) is 4.98 Å². The van der Waals surface area contributed by atoms with Crippen molar-refractivity contribution in [2.45, 2.75) is 57.0 Å². The maximum absolute atomic E-state index is 13.0. The van der Waals surface area contributed by atoms with Gasteiger partial charge in [0, 0.05) is 12.8 Å². The lowest BCUT2D eigenvalue weighted by Crippen LogP contribution is -2.41. The van der Waals surface area contributed by atoms with E-state index in [1.54, 1.807) is 6.20 Å². The average Bonchev–Trinajstić information content (AvgIpc) is 3.05. The van der Waals surface area contributed by atoms with Crippen molar-refractivity contribution < 1.29 is 9.53 Å². The van der Waals surface area contributed by atoms with Crippen LogP contribution in [0.1, 0.15) is 56.2 Å². The van der Waals surface area contributed by atoms with Gasteiger partial charge in [0.25, 0.3) is 0 Å². The van der Waals surface area contributed by atoms with Crippen LogP contribution < -0.4 is 0 Å². The van der Waals surface area contributed by atoms with Gasteiger partial charge in [-0.2, -0.15) is 0 Å². The highest BCUT2D eigenvalue weighted by Gasteiger charge is 2.46. The normalized spacial score (nSPS) is 24.4. The molecule has 0 aliphatic heterocycles. The summed E-state index contributed by atoms with van der Waals surface area (Å²) in [7, 11) is 0. The van der Waals surface area contributed by atoms with Crippen LogP contribution in [-0.4, -0.2) is 23.0 Å². The van der Waals surface area contributed by atoms with E-state index < -0.39 is 5.60 Å². The zero-order valence-electron chi connectivity index (χ0n) is 11.5. The number of pyridine rings is 1. The molecule has 0 radical (unpaired) electrons. The number of hydrogen-bond acceptors (Lipinski definition) is 3. The first-order valence-electron chi connectivity index (χ1n) is 7.39. The summed E-state index contributed by atoms with van der Waals surface area (Å²) in [4.78, 5) is 17.4. The summed E-state index contributed by atoms with van der Waals surface area (Å²) >= 11 is 0. The van der Waals surface area contributed by atoms with Crippen molar-refractivity contribution in [3.05, 3.63) is 29.6 Å². The molecule has 0 bridgehead atoms. The average molecular weight is 259 g/mol. The van der Waals surface area contributed by atoms with E-state index in [0.717, 1.165) is 44.2 Å². The van der Waals surface area contributed by atoms with Gasteiger partial charge in [0.05, 0.1) is 11.6 Å². The topological polar surface area (TPSA) is 39.2 Å². The molecule has 0 aromatic carbocycles. The summed E-state index contributed by atoms with van der Waals surface area (Å²) in [6, 6.07) is 4.05. The molecule has 3 rings (SSSR count). The number of fused-ring (bicyclic) bond motifs is 1. The lowest BCUT2D eigenvalue weighted by atomic mass is 9.85. The molecule has 2 aliphatic rings. The number of aryl methyl sites for hydroxylation is 1. The molecule has 1 atom stereocenters. The highest BCUT2D eigenvalue weighted by molar-refractivity contribution is 5.94. The van der Waals surface area contributed by atoms with Crippen molar-refractivity contribution in [2.75, 3.05) is 6.61 Å². The molecule has 0 spiro atoms. The zero-order valence-corrected chi connectivity index (χ0v) is 11.5. The summed E-state index contributed by atoms with van der Waals surface area (Å²) in [5.41, 5.74) is 1.72. The molecule has 1 aromatic rings. The molecule has 1 unspecified atom stereocenters. The Morgan fingerprint density at radius 1 is 1.47 bits per heavy atom. The smallest absolute Gasteiger partial charge is 0.173 e. The van der Waals surface area contributed by atoms with Gasteiger partial charge in [-0.05, 0) is 57.1 Å². The Kier molecular flexibility index (Phi) is 3.40. The maximum atomic E-state index is 13.0. The van der Waals surface area contributed by atoms with E-state index in [0.29, 0.717) is 6.61 Å². The molecule has 3 nitrogen and oxygen atoms in total. The van der Waals surface area contributed by atoms with Crippen LogP contribution in [0.2, 0.25) is 0 Å². The van der Waals surface area contributed by atoms with Gasteiger partial charge in [-0.25, -0.2) is 0 Å². The number of ketones is 1. The molecule has 0 amide bonds. The third kappa shape index (κ3) is 2.10. The second-order valence-corrected chi connectivity index (χ2v) is 5.64. The van der Waals surface area contributed by atoms with Gasteiger partial charge >= 0.3 is 0 Å². The molecule has 0 N–H and O–H groups in total. The first kappa shape index (κ1) is 12.8. The van der Waals surface area contributed by atoms with Crippen LogP contribution in [0.25, 0.3) is 0 Å². The highest BCUT2D eigenvalue weighted by Crippen LogP contribution is 2.42. The molecular formula is C16H21NO2. The van der Waals surface area contributed by atoms with E-state index in [1.165, 1.54) is 5.56 Å². The van der Waals surface area contributed by atoms with E-state index in [9.17, 15) is 4.79 Å². The molecule has 1 fully saturated rings. The van der Waals surface area contributed by atoms with Crippen molar-refractivity contribution in [3.8, 4) is 0 Å². The number of nitrogens with zero attached hydrogens (tertiary/aromatic N) is 1. The van der Waals surface area contributed by atoms with Gasteiger partial charge in [0.15, 0.2) is 5.78 Å². The minimum atomic E-state index is -0.515. The van der Waals surface area contributed by atoms with E-state index in [4.69, 9.17) is 4.74 Å². The second-order valence-electron chi connectivity index (χ2n) is 5.64. The lowest BCUT2D eigenvalue weighted by molar-refractivity contribution is -0.145. The van der Waals surface area contributed by atoms with Gasteiger partial charge in [-0.1, -0.05) is 6.07 Å². The second kappa shape index (κ2) is 5.04. The number of carbonyl (C=O) groups excluding carboxylic acids is 1. The predicted octanol–water partition coefficient (Wildman–Crippen LogP) is 3.03. The van der Waals surface area contributed by atoms with Crippen molar-refractivity contribution in [2.24, 2.45) is 0 Å². The minimum absolute atomic E-state index is 0.0409. The largest absolute Gasteiger partial charge is 0.367 e. The predicted molar refractivity (Wildman–Crippen MR) is 73.1 cm³/mol. The first-order valence-corrected chi connectivity index (χ1v) is 7.39.